The van der Waals surface area contributed by atoms with Gasteiger partial charge in [0.2, 0.25) is 0 Å². The maximum absolute atomic E-state index is 12.8. The number of likely N-dealkylation sites (N-methyl/N-ethyl adjacent to an activating group) is 1. The van der Waals surface area contributed by atoms with Crippen molar-refractivity contribution in [2.75, 3.05) is 20.2 Å². The van der Waals surface area contributed by atoms with E-state index in [1.807, 2.05) is 7.05 Å². The Morgan fingerprint density at radius 1 is 0.900 bits per heavy atom. The Morgan fingerprint density at radius 3 is 2.05 bits per heavy atom. The third-order valence-electron chi connectivity index (χ3n) is 2.92. The molecule has 0 heterocycles. The molecule has 0 aliphatic rings. The molecule has 0 atom stereocenters. The average molecular weight is 277 g/mol. The standard InChI is InChI=1S/C16H17F2NO/c1-19(12-13-2-4-14(17)5-3-13)10-11-20-16-8-6-15(18)7-9-16/h2-9H,10-12H2,1H3. The van der Waals surface area contributed by atoms with Crippen molar-refractivity contribution in [1.82, 2.24) is 4.90 Å². The Kier molecular flexibility index (Phi) is 5.07. The monoisotopic (exact) mass is 277 g/mol. The van der Waals surface area contributed by atoms with Crippen molar-refractivity contribution in [2.45, 2.75) is 6.54 Å². The smallest absolute Gasteiger partial charge is 0.123 e. The maximum Gasteiger partial charge on any atom is 0.123 e. The molecular weight excluding hydrogens is 260 g/mol. The van der Waals surface area contributed by atoms with Crippen LogP contribution in [0.15, 0.2) is 48.5 Å². The van der Waals surface area contributed by atoms with Gasteiger partial charge >= 0.3 is 0 Å². The lowest BCUT2D eigenvalue weighted by molar-refractivity contribution is 0.232. The molecule has 2 aromatic carbocycles. The first kappa shape index (κ1) is 14.5. The van der Waals surface area contributed by atoms with Gasteiger partial charge in [0.1, 0.15) is 24.0 Å². The predicted molar refractivity (Wildman–Crippen MR) is 74.6 cm³/mol. The van der Waals surface area contributed by atoms with E-state index in [9.17, 15) is 8.78 Å². The van der Waals surface area contributed by atoms with E-state index >= 15 is 0 Å². The first-order valence-corrected chi connectivity index (χ1v) is 6.45. The summed E-state index contributed by atoms with van der Waals surface area (Å²) in [7, 11) is 1.97. The van der Waals surface area contributed by atoms with Crippen LogP contribution in [0, 0.1) is 11.6 Å². The number of nitrogens with zero attached hydrogens (tertiary/aromatic N) is 1. The normalized spacial score (nSPS) is 10.8. The molecule has 0 N–H and O–H groups in total. The first-order valence-electron chi connectivity index (χ1n) is 6.45. The Hall–Kier alpha value is -1.94. The Balaban J connectivity index is 1.73. The number of rotatable bonds is 6. The molecule has 0 aliphatic carbocycles. The Labute approximate surface area is 117 Å². The highest BCUT2D eigenvalue weighted by molar-refractivity contribution is 5.22. The van der Waals surface area contributed by atoms with Crippen LogP contribution in [-0.2, 0) is 6.54 Å². The fourth-order valence-corrected chi connectivity index (χ4v) is 1.83. The Morgan fingerprint density at radius 2 is 1.45 bits per heavy atom. The van der Waals surface area contributed by atoms with Gasteiger partial charge in [-0.2, -0.15) is 0 Å². The molecule has 0 aromatic heterocycles. The second-order valence-corrected chi connectivity index (χ2v) is 4.67. The van der Waals surface area contributed by atoms with Crippen LogP contribution in [-0.4, -0.2) is 25.1 Å². The van der Waals surface area contributed by atoms with Crippen molar-refractivity contribution in [3.63, 3.8) is 0 Å². The molecule has 0 aliphatic heterocycles. The molecule has 0 saturated carbocycles. The van der Waals surface area contributed by atoms with Crippen molar-refractivity contribution in [2.24, 2.45) is 0 Å². The van der Waals surface area contributed by atoms with Crippen LogP contribution < -0.4 is 4.74 Å². The summed E-state index contributed by atoms with van der Waals surface area (Å²) in [4.78, 5) is 2.08. The topological polar surface area (TPSA) is 12.5 Å². The molecule has 4 heteroatoms. The molecule has 2 nitrogen and oxygen atoms in total. The minimum Gasteiger partial charge on any atom is -0.492 e. The lowest BCUT2D eigenvalue weighted by Crippen LogP contribution is -2.23. The number of halogens is 2. The van der Waals surface area contributed by atoms with Gasteiger partial charge in [-0.1, -0.05) is 12.1 Å². The highest BCUT2D eigenvalue weighted by atomic mass is 19.1. The van der Waals surface area contributed by atoms with E-state index in [0.29, 0.717) is 12.4 Å². The zero-order valence-corrected chi connectivity index (χ0v) is 11.4. The van der Waals surface area contributed by atoms with Gasteiger partial charge in [0.25, 0.3) is 0 Å². The molecule has 2 aromatic rings. The molecule has 0 saturated heterocycles. The summed E-state index contributed by atoms with van der Waals surface area (Å²) in [6.45, 7) is 1.98. The number of hydrogen-bond acceptors (Lipinski definition) is 2. The lowest BCUT2D eigenvalue weighted by Gasteiger charge is -2.17. The molecule has 0 fully saturated rings. The van der Waals surface area contributed by atoms with Gasteiger partial charge in [-0.05, 0) is 49.0 Å². The van der Waals surface area contributed by atoms with Crippen LogP contribution in [0.4, 0.5) is 8.78 Å². The van der Waals surface area contributed by atoms with Gasteiger partial charge < -0.3 is 4.74 Å². The van der Waals surface area contributed by atoms with Crippen LogP contribution in [0.5, 0.6) is 5.75 Å². The van der Waals surface area contributed by atoms with Crippen LogP contribution in [0.1, 0.15) is 5.56 Å². The van der Waals surface area contributed by atoms with Crippen molar-refractivity contribution >= 4 is 0 Å². The SMILES string of the molecule is CN(CCOc1ccc(F)cc1)Cc1ccc(F)cc1. The highest BCUT2D eigenvalue weighted by Crippen LogP contribution is 2.11. The first-order chi connectivity index (χ1) is 9.63. The van der Waals surface area contributed by atoms with Crippen molar-refractivity contribution in [1.29, 1.82) is 0 Å². The van der Waals surface area contributed by atoms with Gasteiger partial charge in [0.05, 0.1) is 0 Å². The van der Waals surface area contributed by atoms with E-state index in [2.05, 4.69) is 4.90 Å². The summed E-state index contributed by atoms with van der Waals surface area (Å²) in [5.41, 5.74) is 1.05. The minimum absolute atomic E-state index is 0.226. The summed E-state index contributed by atoms with van der Waals surface area (Å²) >= 11 is 0. The number of hydrogen-bond donors (Lipinski definition) is 0. The minimum atomic E-state index is -0.272. The second-order valence-electron chi connectivity index (χ2n) is 4.67. The molecular formula is C16H17F2NO. The van der Waals surface area contributed by atoms with Crippen molar-refractivity contribution in [3.8, 4) is 5.75 Å². The van der Waals surface area contributed by atoms with E-state index in [0.717, 1.165) is 18.7 Å². The summed E-state index contributed by atoms with van der Waals surface area (Å²) in [5.74, 6) is 0.156. The zero-order chi connectivity index (χ0) is 14.4. The molecule has 20 heavy (non-hydrogen) atoms. The van der Waals surface area contributed by atoms with Gasteiger partial charge in [-0.25, -0.2) is 8.78 Å². The van der Waals surface area contributed by atoms with Gasteiger partial charge in [0, 0.05) is 13.1 Å². The van der Waals surface area contributed by atoms with Crippen molar-refractivity contribution < 1.29 is 13.5 Å². The molecule has 0 radical (unpaired) electrons. The van der Waals surface area contributed by atoms with Crippen LogP contribution in [0.25, 0.3) is 0 Å². The molecule has 106 valence electrons. The van der Waals surface area contributed by atoms with Gasteiger partial charge in [0.15, 0.2) is 0 Å². The van der Waals surface area contributed by atoms with Crippen molar-refractivity contribution in [3.05, 3.63) is 65.7 Å². The fraction of sp³-hybridized carbons (Fsp3) is 0.250. The average Bonchev–Trinajstić information content (AvgIpc) is 2.44. The molecule has 2 rings (SSSR count). The predicted octanol–water partition coefficient (Wildman–Crippen LogP) is 3.48. The van der Waals surface area contributed by atoms with Gasteiger partial charge in [-0.3, -0.25) is 4.90 Å². The molecule has 0 unspecified atom stereocenters. The molecule has 0 amide bonds. The maximum atomic E-state index is 12.8. The zero-order valence-electron chi connectivity index (χ0n) is 11.4. The number of ether oxygens (including phenoxy) is 1. The third kappa shape index (κ3) is 4.63. The van der Waals surface area contributed by atoms with Crippen LogP contribution in [0.2, 0.25) is 0 Å². The summed E-state index contributed by atoms with van der Waals surface area (Å²) < 4.78 is 31.0. The third-order valence-corrected chi connectivity index (χ3v) is 2.92. The second kappa shape index (κ2) is 7.01. The molecule has 0 bridgehead atoms. The van der Waals surface area contributed by atoms with E-state index in [1.165, 1.54) is 24.3 Å². The van der Waals surface area contributed by atoms with E-state index < -0.39 is 0 Å². The van der Waals surface area contributed by atoms with Crippen LogP contribution in [0.3, 0.4) is 0 Å². The summed E-state index contributed by atoms with van der Waals surface area (Å²) in [6.07, 6.45) is 0. The summed E-state index contributed by atoms with van der Waals surface area (Å²) in [6, 6.07) is 12.4. The Bertz CT molecular complexity index is 525. The lowest BCUT2D eigenvalue weighted by atomic mass is 10.2. The molecule has 0 spiro atoms. The fourth-order valence-electron chi connectivity index (χ4n) is 1.83. The van der Waals surface area contributed by atoms with E-state index in [1.54, 1.807) is 24.3 Å². The van der Waals surface area contributed by atoms with E-state index in [-0.39, 0.29) is 11.6 Å². The van der Waals surface area contributed by atoms with Gasteiger partial charge in [-0.15, -0.1) is 0 Å². The highest BCUT2D eigenvalue weighted by Gasteiger charge is 2.01. The quantitative estimate of drug-likeness (QED) is 0.801. The summed E-state index contributed by atoms with van der Waals surface area (Å²) in [5, 5.41) is 0. The van der Waals surface area contributed by atoms with E-state index in [4.69, 9.17) is 4.74 Å². The largest absolute Gasteiger partial charge is 0.492 e. The number of benzene rings is 2. The van der Waals surface area contributed by atoms with Crippen LogP contribution >= 0.6 is 0 Å².